The summed E-state index contributed by atoms with van der Waals surface area (Å²) in [5, 5.41) is 0. The maximum Gasteiger partial charge on any atom is 0.347 e. The van der Waals surface area contributed by atoms with Crippen LogP contribution in [0.15, 0.2) is 12.7 Å². The summed E-state index contributed by atoms with van der Waals surface area (Å²) in [6.07, 6.45) is 2.46. The van der Waals surface area contributed by atoms with Crippen molar-refractivity contribution >= 4 is 11.9 Å². The zero-order chi connectivity index (χ0) is 11.0. The van der Waals surface area contributed by atoms with E-state index in [-0.39, 0.29) is 0 Å². The van der Waals surface area contributed by atoms with E-state index in [4.69, 9.17) is 4.74 Å². The summed E-state index contributed by atoms with van der Waals surface area (Å²) in [4.78, 5) is 22.0. The molecule has 0 spiro atoms. The van der Waals surface area contributed by atoms with Crippen LogP contribution < -0.4 is 0 Å². The summed E-state index contributed by atoms with van der Waals surface area (Å²) in [5.74, 6) is -1.12. The van der Waals surface area contributed by atoms with Crippen LogP contribution in [0.25, 0.3) is 0 Å². The van der Waals surface area contributed by atoms with Gasteiger partial charge in [-0.3, -0.25) is 0 Å². The van der Waals surface area contributed by atoms with E-state index >= 15 is 0 Å². The second-order valence-electron chi connectivity index (χ2n) is 2.80. The van der Waals surface area contributed by atoms with Crippen molar-refractivity contribution in [1.82, 2.24) is 0 Å². The molecule has 0 fully saturated rings. The minimum Gasteiger partial charge on any atom is -0.466 e. The molecule has 4 nitrogen and oxygen atoms in total. The quantitative estimate of drug-likeness (QED) is 0.481. The van der Waals surface area contributed by atoms with Gasteiger partial charge in [0, 0.05) is 6.08 Å². The molecule has 0 aliphatic rings. The van der Waals surface area contributed by atoms with Gasteiger partial charge in [0.25, 0.3) is 0 Å². The summed E-state index contributed by atoms with van der Waals surface area (Å²) in [5.41, 5.74) is 0. The molecule has 0 N–H and O–H groups in total. The molecular formula is C10H16O4. The molecule has 0 aliphatic carbocycles. The molecule has 0 saturated carbocycles. The Hall–Kier alpha value is -1.32. The highest BCUT2D eigenvalue weighted by molar-refractivity contribution is 5.85. The van der Waals surface area contributed by atoms with Crippen LogP contribution in [0.4, 0.5) is 0 Å². The maximum atomic E-state index is 11.1. The summed E-state index contributed by atoms with van der Waals surface area (Å²) in [7, 11) is 1.27. The summed E-state index contributed by atoms with van der Waals surface area (Å²) < 4.78 is 9.33. The average Bonchev–Trinajstić information content (AvgIpc) is 2.22. The fraction of sp³-hybridized carbons (Fsp3) is 0.600. The predicted molar refractivity (Wildman–Crippen MR) is 51.6 cm³/mol. The summed E-state index contributed by atoms with van der Waals surface area (Å²) >= 11 is 0. The molecule has 0 aromatic heterocycles. The first-order valence-electron chi connectivity index (χ1n) is 4.56. The van der Waals surface area contributed by atoms with E-state index < -0.39 is 18.0 Å². The van der Waals surface area contributed by atoms with Crippen molar-refractivity contribution in [2.24, 2.45) is 0 Å². The van der Waals surface area contributed by atoms with Crippen molar-refractivity contribution in [2.75, 3.05) is 7.11 Å². The standard InChI is InChI=1S/C10H16O4/c1-4-6-7-8(10(12)13-3)14-9(11)5-2/h5,8H,2,4,6-7H2,1,3H3. The van der Waals surface area contributed by atoms with Crippen LogP contribution >= 0.6 is 0 Å². The Morgan fingerprint density at radius 3 is 2.57 bits per heavy atom. The third-order valence-electron chi connectivity index (χ3n) is 1.71. The molecule has 0 bridgehead atoms. The molecule has 0 aliphatic heterocycles. The van der Waals surface area contributed by atoms with Gasteiger partial charge in [0.1, 0.15) is 0 Å². The Morgan fingerprint density at radius 1 is 1.50 bits per heavy atom. The molecular weight excluding hydrogens is 184 g/mol. The summed E-state index contributed by atoms with van der Waals surface area (Å²) in [6.45, 7) is 5.24. The van der Waals surface area contributed by atoms with E-state index in [0.29, 0.717) is 6.42 Å². The van der Waals surface area contributed by atoms with Gasteiger partial charge in [0.2, 0.25) is 0 Å². The van der Waals surface area contributed by atoms with Crippen LogP contribution in [0.5, 0.6) is 0 Å². The lowest BCUT2D eigenvalue weighted by Crippen LogP contribution is -2.27. The molecule has 0 heterocycles. The first-order chi connectivity index (χ1) is 6.65. The molecule has 0 rings (SSSR count). The van der Waals surface area contributed by atoms with Gasteiger partial charge in [-0.15, -0.1) is 0 Å². The van der Waals surface area contributed by atoms with E-state index in [2.05, 4.69) is 11.3 Å². The zero-order valence-electron chi connectivity index (χ0n) is 8.62. The Morgan fingerprint density at radius 2 is 2.14 bits per heavy atom. The van der Waals surface area contributed by atoms with Crippen molar-refractivity contribution in [1.29, 1.82) is 0 Å². The van der Waals surface area contributed by atoms with Crippen LogP contribution in [0, 0.1) is 0 Å². The molecule has 1 atom stereocenters. The largest absolute Gasteiger partial charge is 0.466 e. The Labute approximate surface area is 83.9 Å². The molecule has 0 aromatic rings. The van der Waals surface area contributed by atoms with E-state index in [0.717, 1.165) is 18.9 Å². The molecule has 0 saturated heterocycles. The number of unbranched alkanes of at least 4 members (excludes halogenated alkanes) is 1. The number of esters is 2. The Kier molecular flexibility index (Phi) is 6.45. The van der Waals surface area contributed by atoms with Crippen molar-refractivity contribution in [2.45, 2.75) is 32.3 Å². The van der Waals surface area contributed by atoms with Crippen LogP contribution in [0.3, 0.4) is 0 Å². The van der Waals surface area contributed by atoms with Crippen molar-refractivity contribution < 1.29 is 19.1 Å². The number of carbonyl (C=O) groups is 2. The second-order valence-corrected chi connectivity index (χ2v) is 2.80. The van der Waals surface area contributed by atoms with E-state index in [1.54, 1.807) is 0 Å². The predicted octanol–water partition coefficient (Wildman–Crippen LogP) is 1.45. The minimum absolute atomic E-state index is 0.489. The van der Waals surface area contributed by atoms with Gasteiger partial charge < -0.3 is 9.47 Å². The number of hydrogen-bond acceptors (Lipinski definition) is 4. The van der Waals surface area contributed by atoms with Gasteiger partial charge in [-0.1, -0.05) is 19.9 Å². The van der Waals surface area contributed by atoms with E-state index in [9.17, 15) is 9.59 Å². The second kappa shape index (κ2) is 7.12. The van der Waals surface area contributed by atoms with Crippen LogP contribution in [-0.2, 0) is 19.1 Å². The highest BCUT2D eigenvalue weighted by atomic mass is 16.6. The normalized spacial score (nSPS) is 11.6. The van der Waals surface area contributed by atoms with Gasteiger partial charge in [-0.25, -0.2) is 9.59 Å². The minimum atomic E-state index is -0.801. The van der Waals surface area contributed by atoms with E-state index in [1.165, 1.54) is 7.11 Å². The fourth-order valence-corrected chi connectivity index (χ4v) is 0.934. The number of rotatable bonds is 6. The number of hydrogen-bond donors (Lipinski definition) is 0. The first kappa shape index (κ1) is 12.7. The maximum absolute atomic E-state index is 11.1. The van der Waals surface area contributed by atoms with Gasteiger partial charge >= 0.3 is 11.9 Å². The van der Waals surface area contributed by atoms with Crippen LogP contribution in [-0.4, -0.2) is 25.2 Å². The molecule has 80 valence electrons. The number of methoxy groups -OCH3 is 1. The van der Waals surface area contributed by atoms with Crippen LogP contribution in [0.1, 0.15) is 26.2 Å². The van der Waals surface area contributed by atoms with Gasteiger partial charge in [0.15, 0.2) is 6.10 Å². The third-order valence-corrected chi connectivity index (χ3v) is 1.71. The lowest BCUT2D eigenvalue weighted by atomic mass is 10.1. The van der Waals surface area contributed by atoms with Gasteiger partial charge in [-0.2, -0.15) is 0 Å². The lowest BCUT2D eigenvalue weighted by Gasteiger charge is -2.13. The molecule has 0 aromatic carbocycles. The average molecular weight is 200 g/mol. The molecule has 4 heteroatoms. The van der Waals surface area contributed by atoms with Crippen molar-refractivity contribution in [3.05, 3.63) is 12.7 Å². The highest BCUT2D eigenvalue weighted by Gasteiger charge is 2.21. The van der Waals surface area contributed by atoms with Crippen molar-refractivity contribution in [3.63, 3.8) is 0 Å². The molecule has 0 amide bonds. The van der Waals surface area contributed by atoms with Crippen molar-refractivity contribution in [3.8, 4) is 0 Å². The molecule has 14 heavy (non-hydrogen) atoms. The Bertz CT molecular complexity index is 210. The molecule has 1 unspecified atom stereocenters. The SMILES string of the molecule is C=CC(=O)OC(CCCC)C(=O)OC. The monoisotopic (exact) mass is 200 g/mol. The smallest absolute Gasteiger partial charge is 0.347 e. The van der Waals surface area contributed by atoms with Gasteiger partial charge in [-0.05, 0) is 12.8 Å². The summed E-state index contributed by atoms with van der Waals surface area (Å²) in [6, 6.07) is 0. The van der Waals surface area contributed by atoms with Crippen LogP contribution in [0.2, 0.25) is 0 Å². The van der Waals surface area contributed by atoms with E-state index in [1.807, 2.05) is 6.92 Å². The Balaban J connectivity index is 4.16. The lowest BCUT2D eigenvalue weighted by molar-refractivity contribution is -0.163. The number of ether oxygens (including phenoxy) is 2. The molecule has 0 radical (unpaired) electrons. The highest BCUT2D eigenvalue weighted by Crippen LogP contribution is 2.07. The third kappa shape index (κ3) is 4.64. The topological polar surface area (TPSA) is 52.6 Å². The zero-order valence-corrected chi connectivity index (χ0v) is 8.62. The number of carbonyl (C=O) groups excluding carboxylic acids is 2. The van der Waals surface area contributed by atoms with Gasteiger partial charge in [0.05, 0.1) is 7.11 Å². The fourth-order valence-electron chi connectivity index (χ4n) is 0.934. The first-order valence-corrected chi connectivity index (χ1v) is 4.56.